The Morgan fingerprint density at radius 3 is 2.85 bits per heavy atom. The lowest BCUT2D eigenvalue weighted by molar-refractivity contribution is 0.142. The Labute approximate surface area is 127 Å². The van der Waals surface area contributed by atoms with Gasteiger partial charge in [0.1, 0.15) is 0 Å². The summed E-state index contributed by atoms with van der Waals surface area (Å²) in [5.41, 5.74) is 2.93. The van der Waals surface area contributed by atoms with Crippen molar-refractivity contribution < 1.29 is 0 Å². The average molecular weight is 290 g/mol. The van der Waals surface area contributed by atoms with Gasteiger partial charge in [0.2, 0.25) is 0 Å². The van der Waals surface area contributed by atoms with Crippen LogP contribution in [-0.2, 0) is 6.42 Å². The van der Waals surface area contributed by atoms with Crippen molar-refractivity contribution >= 4 is 11.8 Å². The molecule has 20 heavy (non-hydrogen) atoms. The van der Waals surface area contributed by atoms with Gasteiger partial charge < -0.3 is 5.32 Å². The second-order valence-electron chi connectivity index (χ2n) is 6.04. The molecule has 0 saturated carbocycles. The fourth-order valence-electron chi connectivity index (χ4n) is 3.33. The molecule has 2 aliphatic rings. The van der Waals surface area contributed by atoms with E-state index in [1.54, 1.807) is 0 Å². The first-order valence-corrected chi connectivity index (χ1v) is 9.13. The van der Waals surface area contributed by atoms with Crippen LogP contribution in [-0.4, -0.2) is 42.6 Å². The lowest BCUT2D eigenvalue weighted by atomic mass is 9.99. The number of nitrogens with one attached hydrogen (secondary N) is 1. The zero-order chi connectivity index (χ0) is 13.8. The van der Waals surface area contributed by atoms with Crippen LogP contribution in [0.25, 0.3) is 0 Å². The van der Waals surface area contributed by atoms with Crippen LogP contribution in [0.1, 0.15) is 30.5 Å². The Balaban J connectivity index is 1.69. The Hall–Kier alpha value is -0.510. The first-order valence-electron chi connectivity index (χ1n) is 7.98. The monoisotopic (exact) mass is 290 g/mol. The summed E-state index contributed by atoms with van der Waals surface area (Å²) in [4.78, 5) is 2.72. The van der Waals surface area contributed by atoms with Gasteiger partial charge in [0, 0.05) is 32.2 Å². The molecular weight excluding hydrogens is 264 g/mol. The molecule has 2 saturated heterocycles. The molecule has 2 nitrogen and oxygen atoms in total. The predicted octanol–water partition coefficient (Wildman–Crippen LogP) is 2.95. The van der Waals surface area contributed by atoms with Crippen molar-refractivity contribution in [1.82, 2.24) is 10.2 Å². The molecule has 0 amide bonds. The second kappa shape index (κ2) is 6.97. The first kappa shape index (κ1) is 14.4. The maximum atomic E-state index is 3.57. The van der Waals surface area contributed by atoms with Crippen molar-refractivity contribution in [1.29, 1.82) is 0 Å². The third-order valence-corrected chi connectivity index (χ3v) is 5.88. The third-order valence-electron chi connectivity index (χ3n) is 4.64. The second-order valence-corrected chi connectivity index (χ2v) is 7.19. The highest BCUT2D eigenvalue weighted by molar-refractivity contribution is 7.99. The molecule has 2 fully saturated rings. The molecule has 0 aliphatic carbocycles. The third kappa shape index (κ3) is 3.38. The molecule has 0 aromatic heterocycles. The van der Waals surface area contributed by atoms with Crippen molar-refractivity contribution in [2.45, 2.75) is 25.8 Å². The minimum Gasteiger partial charge on any atom is -0.314 e. The number of thioether (sulfide) groups is 1. The number of hydrogen-bond acceptors (Lipinski definition) is 3. The number of benzene rings is 1. The number of rotatable bonds is 4. The van der Waals surface area contributed by atoms with Gasteiger partial charge in [0.05, 0.1) is 0 Å². The van der Waals surface area contributed by atoms with E-state index >= 15 is 0 Å². The molecule has 110 valence electrons. The molecular formula is C17H26N2S. The van der Waals surface area contributed by atoms with E-state index in [0.717, 1.165) is 25.4 Å². The Morgan fingerprint density at radius 2 is 2.15 bits per heavy atom. The van der Waals surface area contributed by atoms with E-state index in [9.17, 15) is 0 Å². The Kier molecular flexibility index (Phi) is 5.03. The summed E-state index contributed by atoms with van der Waals surface area (Å²) < 4.78 is 0. The standard InChI is InChI=1S/C17H26N2S/c1-2-14-3-5-16(6-4-14)17-11-18-8-9-19(17)12-15-7-10-20-13-15/h3-6,15,17-18H,2,7-13H2,1H3. The van der Waals surface area contributed by atoms with Crippen LogP contribution in [0.15, 0.2) is 24.3 Å². The molecule has 0 radical (unpaired) electrons. The van der Waals surface area contributed by atoms with Gasteiger partial charge in [-0.2, -0.15) is 11.8 Å². The molecule has 0 bridgehead atoms. The highest BCUT2D eigenvalue weighted by Crippen LogP contribution is 2.29. The van der Waals surface area contributed by atoms with Crippen molar-refractivity contribution in [3.63, 3.8) is 0 Å². The van der Waals surface area contributed by atoms with E-state index in [-0.39, 0.29) is 0 Å². The fraction of sp³-hybridized carbons (Fsp3) is 0.647. The molecule has 2 heterocycles. The Morgan fingerprint density at radius 1 is 1.30 bits per heavy atom. The Bertz CT molecular complexity index is 412. The number of aryl methyl sites for hydroxylation is 1. The molecule has 1 aromatic carbocycles. The molecule has 2 aliphatic heterocycles. The van der Waals surface area contributed by atoms with Crippen LogP contribution in [0.5, 0.6) is 0 Å². The van der Waals surface area contributed by atoms with E-state index in [1.165, 1.54) is 42.1 Å². The zero-order valence-electron chi connectivity index (χ0n) is 12.5. The lowest BCUT2D eigenvalue weighted by Crippen LogP contribution is -2.47. The minimum atomic E-state index is 0.570. The summed E-state index contributed by atoms with van der Waals surface area (Å²) in [5, 5.41) is 3.57. The van der Waals surface area contributed by atoms with Gasteiger partial charge in [0.15, 0.2) is 0 Å². The van der Waals surface area contributed by atoms with Gasteiger partial charge >= 0.3 is 0 Å². The molecule has 3 heteroatoms. The van der Waals surface area contributed by atoms with Gasteiger partial charge in [-0.15, -0.1) is 0 Å². The van der Waals surface area contributed by atoms with Crippen molar-refractivity contribution in [2.75, 3.05) is 37.7 Å². The maximum Gasteiger partial charge on any atom is 0.0473 e. The molecule has 1 aromatic rings. The van der Waals surface area contributed by atoms with Crippen molar-refractivity contribution in [2.24, 2.45) is 5.92 Å². The van der Waals surface area contributed by atoms with Crippen LogP contribution in [0, 0.1) is 5.92 Å². The smallest absolute Gasteiger partial charge is 0.0473 e. The normalized spacial score (nSPS) is 27.9. The largest absolute Gasteiger partial charge is 0.314 e. The summed E-state index contributed by atoms with van der Waals surface area (Å²) >= 11 is 2.13. The number of piperazine rings is 1. The van der Waals surface area contributed by atoms with Gasteiger partial charge in [0.25, 0.3) is 0 Å². The molecule has 2 atom stereocenters. The minimum absolute atomic E-state index is 0.570. The topological polar surface area (TPSA) is 15.3 Å². The van der Waals surface area contributed by atoms with Gasteiger partial charge in [-0.3, -0.25) is 4.90 Å². The summed E-state index contributed by atoms with van der Waals surface area (Å²) in [6.07, 6.45) is 2.54. The van der Waals surface area contributed by atoms with E-state index in [0.29, 0.717) is 6.04 Å². The quantitative estimate of drug-likeness (QED) is 0.918. The summed E-state index contributed by atoms with van der Waals surface area (Å²) in [6.45, 7) is 6.95. The fourth-order valence-corrected chi connectivity index (χ4v) is 4.60. The van der Waals surface area contributed by atoms with Crippen LogP contribution < -0.4 is 5.32 Å². The summed E-state index contributed by atoms with van der Waals surface area (Å²) in [5.74, 6) is 3.65. The van der Waals surface area contributed by atoms with Crippen LogP contribution in [0.2, 0.25) is 0 Å². The van der Waals surface area contributed by atoms with Gasteiger partial charge in [-0.25, -0.2) is 0 Å². The zero-order valence-corrected chi connectivity index (χ0v) is 13.3. The van der Waals surface area contributed by atoms with Gasteiger partial charge in [-0.1, -0.05) is 31.2 Å². The molecule has 1 N–H and O–H groups in total. The highest BCUT2D eigenvalue weighted by Gasteiger charge is 2.27. The lowest BCUT2D eigenvalue weighted by Gasteiger charge is -2.38. The summed E-state index contributed by atoms with van der Waals surface area (Å²) in [7, 11) is 0. The average Bonchev–Trinajstić information content (AvgIpc) is 3.01. The van der Waals surface area contributed by atoms with E-state index in [1.807, 2.05) is 0 Å². The summed E-state index contributed by atoms with van der Waals surface area (Å²) in [6, 6.07) is 9.85. The van der Waals surface area contributed by atoms with Crippen molar-refractivity contribution in [3.05, 3.63) is 35.4 Å². The van der Waals surface area contributed by atoms with Crippen LogP contribution in [0.4, 0.5) is 0 Å². The van der Waals surface area contributed by atoms with Crippen LogP contribution in [0.3, 0.4) is 0 Å². The van der Waals surface area contributed by atoms with E-state index in [2.05, 4.69) is 53.2 Å². The number of hydrogen-bond donors (Lipinski definition) is 1. The molecule has 3 rings (SSSR count). The molecule has 2 unspecified atom stereocenters. The predicted molar refractivity (Wildman–Crippen MR) is 88.4 cm³/mol. The van der Waals surface area contributed by atoms with Crippen molar-refractivity contribution in [3.8, 4) is 0 Å². The highest BCUT2D eigenvalue weighted by atomic mass is 32.2. The van der Waals surface area contributed by atoms with Crippen LogP contribution >= 0.6 is 11.8 Å². The maximum absolute atomic E-state index is 3.57. The SMILES string of the molecule is CCc1ccc(C2CNCCN2CC2CCSC2)cc1. The van der Waals surface area contributed by atoms with E-state index < -0.39 is 0 Å². The first-order chi connectivity index (χ1) is 9.86. The van der Waals surface area contributed by atoms with E-state index in [4.69, 9.17) is 0 Å². The number of nitrogens with zero attached hydrogens (tertiary/aromatic N) is 1. The van der Waals surface area contributed by atoms with Gasteiger partial charge in [-0.05, 0) is 41.4 Å². The molecule has 0 spiro atoms.